The Morgan fingerprint density at radius 3 is 2.74 bits per heavy atom. The molecule has 0 bridgehead atoms. The van der Waals surface area contributed by atoms with Crippen molar-refractivity contribution >= 4 is 5.82 Å². The highest BCUT2D eigenvalue weighted by Crippen LogP contribution is 2.16. The average molecular weight is 256 g/mol. The average Bonchev–Trinajstić information content (AvgIpc) is 2.43. The first-order valence-electron chi connectivity index (χ1n) is 6.39. The zero-order valence-electron chi connectivity index (χ0n) is 11.7. The second-order valence-corrected chi connectivity index (χ2v) is 4.82. The maximum Gasteiger partial charge on any atom is 0.144 e. The van der Waals surface area contributed by atoms with E-state index in [1.807, 2.05) is 13.1 Å². The molecule has 0 fully saturated rings. The standard InChI is InChI=1S/C15H20N4/c1-11-4-5-12(2)13(8-11)10-19(3)15-6-7-17-14(9-16)18-15/h4-8H,9-10,16H2,1-3H3. The Labute approximate surface area is 114 Å². The van der Waals surface area contributed by atoms with E-state index in [-0.39, 0.29) is 0 Å². The number of nitrogens with two attached hydrogens (primary N) is 1. The van der Waals surface area contributed by atoms with Crippen molar-refractivity contribution in [3.05, 3.63) is 53.0 Å². The smallest absolute Gasteiger partial charge is 0.144 e. The second-order valence-electron chi connectivity index (χ2n) is 4.82. The minimum absolute atomic E-state index is 0.366. The lowest BCUT2D eigenvalue weighted by molar-refractivity contribution is 0.845. The Hall–Kier alpha value is -1.94. The Kier molecular flexibility index (Phi) is 4.12. The van der Waals surface area contributed by atoms with Gasteiger partial charge in [0.2, 0.25) is 0 Å². The molecule has 0 unspecified atom stereocenters. The number of anilines is 1. The Balaban J connectivity index is 2.20. The predicted octanol–water partition coefficient (Wildman–Crippen LogP) is 2.19. The third kappa shape index (κ3) is 3.29. The lowest BCUT2D eigenvalue weighted by Gasteiger charge is -2.20. The molecular weight excluding hydrogens is 236 g/mol. The molecule has 0 aliphatic heterocycles. The minimum Gasteiger partial charge on any atom is -0.355 e. The van der Waals surface area contributed by atoms with Gasteiger partial charge < -0.3 is 10.6 Å². The summed E-state index contributed by atoms with van der Waals surface area (Å²) in [4.78, 5) is 10.7. The van der Waals surface area contributed by atoms with Gasteiger partial charge in [-0.3, -0.25) is 0 Å². The van der Waals surface area contributed by atoms with E-state index in [1.54, 1.807) is 6.20 Å². The van der Waals surface area contributed by atoms with Gasteiger partial charge in [-0.15, -0.1) is 0 Å². The summed E-state index contributed by atoms with van der Waals surface area (Å²) >= 11 is 0. The molecule has 0 amide bonds. The van der Waals surface area contributed by atoms with Gasteiger partial charge in [-0.1, -0.05) is 23.8 Å². The quantitative estimate of drug-likeness (QED) is 0.911. The molecule has 1 heterocycles. The van der Waals surface area contributed by atoms with Crippen molar-refractivity contribution in [3.63, 3.8) is 0 Å². The molecule has 4 nitrogen and oxygen atoms in total. The van der Waals surface area contributed by atoms with E-state index >= 15 is 0 Å². The molecule has 0 atom stereocenters. The van der Waals surface area contributed by atoms with Crippen LogP contribution in [0.3, 0.4) is 0 Å². The zero-order valence-corrected chi connectivity index (χ0v) is 11.7. The second kappa shape index (κ2) is 5.80. The van der Waals surface area contributed by atoms with E-state index < -0.39 is 0 Å². The van der Waals surface area contributed by atoms with Crippen LogP contribution >= 0.6 is 0 Å². The summed E-state index contributed by atoms with van der Waals surface area (Å²) in [5.74, 6) is 1.57. The first-order valence-corrected chi connectivity index (χ1v) is 6.39. The Morgan fingerprint density at radius 1 is 1.21 bits per heavy atom. The largest absolute Gasteiger partial charge is 0.355 e. The summed E-state index contributed by atoms with van der Waals surface area (Å²) in [6.45, 7) is 5.44. The van der Waals surface area contributed by atoms with E-state index in [4.69, 9.17) is 5.73 Å². The van der Waals surface area contributed by atoms with Crippen LogP contribution in [0.4, 0.5) is 5.82 Å². The van der Waals surface area contributed by atoms with Crippen molar-refractivity contribution in [3.8, 4) is 0 Å². The van der Waals surface area contributed by atoms with Crippen LogP contribution in [0.2, 0.25) is 0 Å². The molecule has 0 spiro atoms. The number of aryl methyl sites for hydroxylation is 2. The van der Waals surface area contributed by atoms with Crippen LogP contribution in [-0.2, 0) is 13.1 Å². The van der Waals surface area contributed by atoms with Gasteiger partial charge in [0.25, 0.3) is 0 Å². The van der Waals surface area contributed by atoms with E-state index in [2.05, 4.69) is 46.9 Å². The Bertz CT molecular complexity index is 566. The molecule has 2 N–H and O–H groups in total. The molecule has 2 aromatic rings. The third-order valence-corrected chi connectivity index (χ3v) is 3.18. The SMILES string of the molecule is Cc1ccc(C)c(CN(C)c2ccnc(CN)n2)c1. The minimum atomic E-state index is 0.366. The zero-order chi connectivity index (χ0) is 13.8. The summed E-state index contributed by atoms with van der Waals surface area (Å²) in [5.41, 5.74) is 9.46. The summed E-state index contributed by atoms with van der Waals surface area (Å²) in [5, 5.41) is 0. The number of aromatic nitrogens is 2. The maximum absolute atomic E-state index is 5.57. The van der Waals surface area contributed by atoms with Gasteiger partial charge in [0, 0.05) is 19.8 Å². The lowest BCUT2D eigenvalue weighted by atomic mass is 10.1. The summed E-state index contributed by atoms with van der Waals surface area (Å²) in [7, 11) is 2.03. The first-order chi connectivity index (χ1) is 9.10. The van der Waals surface area contributed by atoms with E-state index in [9.17, 15) is 0 Å². The number of hydrogen-bond donors (Lipinski definition) is 1. The van der Waals surface area contributed by atoms with Gasteiger partial charge in [-0.2, -0.15) is 0 Å². The van der Waals surface area contributed by atoms with Gasteiger partial charge >= 0.3 is 0 Å². The molecule has 0 saturated carbocycles. The third-order valence-electron chi connectivity index (χ3n) is 3.18. The molecule has 19 heavy (non-hydrogen) atoms. The van der Waals surface area contributed by atoms with Crippen LogP contribution in [0, 0.1) is 13.8 Å². The van der Waals surface area contributed by atoms with Gasteiger partial charge in [0.05, 0.1) is 6.54 Å². The van der Waals surface area contributed by atoms with E-state index in [0.29, 0.717) is 12.4 Å². The van der Waals surface area contributed by atoms with Gasteiger partial charge in [0.1, 0.15) is 11.6 Å². The molecule has 0 aliphatic rings. The van der Waals surface area contributed by atoms with Gasteiger partial charge in [0.15, 0.2) is 0 Å². The highest BCUT2D eigenvalue weighted by atomic mass is 15.2. The van der Waals surface area contributed by atoms with Crippen molar-refractivity contribution in [2.24, 2.45) is 5.73 Å². The predicted molar refractivity (Wildman–Crippen MR) is 77.9 cm³/mol. The fourth-order valence-electron chi connectivity index (χ4n) is 2.01. The van der Waals surface area contributed by atoms with Gasteiger partial charge in [-0.05, 0) is 31.0 Å². The highest BCUT2D eigenvalue weighted by molar-refractivity contribution is 5.40. The molecule has 4 heteroatoms. The summed E-state index contributed by atoms with van der Waals surface area (Å²) in [6, 6.07) is 8.42. The molecule has 1 aromatic heterocycles. The van der Waals surface area contributed by atoms with Crippen LogP contribution in [0.1, 0.15) is 22.5 Å². The molecule has 0 aliphatic carbocycles. The number of rotatable bonds is 4. The summed E-state index contributed by atoms with van der Waals surface area (Å²) in [6.07, 6.45) is 1.75. The fraction of sp³-hybridized carbons (Fsp3) is 0.333. The van der Waals surface area contributed by atoms with Crippen molar-refractivity contribution in [2.75, 3.05) is 11.9 Å². The van der Waals surface area contributed by atoms with Crippen LogP contribution in [-0.4, -0.2) is 17.0 Å². The molecule has 0 saturated heterocycles. The monoisotopic (exact) mass is 256 g/mol. The molecule has 100 valence electrons. The van der Waals surface area contributed by atoms with Crippen LogP contribution in [0.5, 0.6) is 0 Å². The van der Waals surface area contributed by atoms with E-state index in [0.717, 1.165) is 12.4 Å². The van der Waals surface area contributed by atoms with Crippen molar-refractivity contribution in [2.45, 2.75) is 26.9 Å². The number of nitrogens with zero attached hydrogens (tertiary/aromatic N) is 3. The van der Waals surface area contributed by atoms with E-state index in [1.165, 1.54) is 16.7 Å². The summed E-state index contributed by atoms with van der Waals surface area (Å²) < 4.78 is 0. The highest BCUT2D eigenvalue weighted by Gasteiger charge is 2.07. The normalized spacial score (nSPS) is 10.5. The maximum atomic E-state index is 5.57. The van der Waals surface area contributed by atoms with Crippen molar-refractivity contribution in [1.29, 1.82) is 0 Å². The first kappa shape index (κ1) is 13.5. The van der Waals surface area contributed by atoms with Crippen LogP contribution in [0.15, 0.2) is 30.5 Å². The number of benzene rings is 1. The van der Waals surface area contributed by atoms with Crippen LogP contribution in [0.25, 0.3) is 0 Å². The molecule has 2 rings (SSSR count). The topological polar surface area (TPSA) is 55.0 Å². The molecular formula is C15H20N4. The van der Waals surface area contributed by atoms with Crippen molar-refractivity contribution in [1.82, 2.24) is 9.97 Å². The van der Waals surface area contributed by atoms with Crippen molar-refractivity contribution < 1.29 is 0 Å². The molecule has 0 radical (unpaired) electrons. The Morgan fingerprint density at radius 2 is 2.00 bits per heavy atom. The van der Waals surface area contributed by atoms with Gasteiger partial charge in [-0.25, -0.2) is 9.97 Å². The number of hydrogen-bond acceptors (Lipinski definition) is 4. The van der Waals surface area contributed by atoms with Crippen LogP contribution < -0.4 is 10.6 Å². The molecule has 1 aromatic carbocycles. The fourth-order valence-corrected chi connectivity index (χ4v) is 2.01. The lowest BCUT2D eigenvalue weighted by Crippen LogP contribution is -2.19.